The van der Waals surface area contributed by atoms with Crippen LogP contribution in [0.5, 0.6) is 11.5 Å². The number of aromatic hydroxyl groups is 2. The predicted molar refractivity (Wildman–Crippen MR) is 97.0 cm³/mol. The molecule has 0 heterocycles. The third-order valence-electron chi connectivity index (χ3n) is 6.27. The van der Waals surface area contributed by atoms with E-state index in [1.165, 1.54) is 22.3 Å². The molecule has 0 aliphatic heterocycles. The van der Waals surface area contributed by atoms with Crippen LogP contribution >= 0.6 is 0 Å². The molecule has 0 radical (unpaired) electrons. The second kappa shape index (κ2) is 4.78. The number of fused-ring (bicyclic) bond motifs is 2. The summed E-state index contributed by atoms with van der Waals surface area (Å²) in [5, 5.41) is 20.1. The second-order valence-electron chi connectivity index (χ2n) is 8.93. The molecule has 2 unspecified atom stereocenters. The van der Waals surface area contributed by atoms with Crippen LogP contribution in [0.4, 0.5) is 0 Å². The topological polar surface area (TPSA) is 40.5 Å². The van der Waals surface area contributed by atoms with Crippen LogP contribution in [0.2, 0.25) is 0 Å². The lowest BCUT2D eigenvalue weighted by atomic mass is 9.79. The maximum absolute atomic E-state index is 10.0. The van der Waals surface area contributed by atoms with Gasteiger partial charge in [0.2, 0.25) is 0 Å². The summed E-state index contributed by atoms with van der Waals surface area (Å²) in [6.07, 6.45) is 2.17. The fourth-order valence-electron chi connectivity index (χ4n) is 5.20. The van der Waals surface area contributed by atoms with Crippen LogP contribution < -0.4 is 0 Å². The average molecular weight is 322 g/mol. The third-order valence-corrected chi connectivity index (χ3v) is 6.27. The van der Waals surface area contributed by atoms with Gasteiger partial charge >= 0.3 is 0 Å². The molecule has 2 aromatic carbocycles. The largest absolute Gasteiger partial charge is 0.508 e. The number of rotatable bonds is 1. The van der Waals surface area contributed by atoms with Crippen molar-refractivity contribution < 1.29 is 10.2 Å². The van der Waals surface area contributed by atoms with Crippen LogP contribution in [0.15, 0.2) is 36.4 Å². The lowest BCUT2D eigenvalue weighted by Gasteiger charge is -2.25. The maximum atomic E-state index is 10.0. The smallest absolute Gasteiger partial charge is 0.115 e. The predicted octanol–water partition coefficient (Wildman–Crippen LogP) is 5.33. The molecule has 2 N–H and O–H groups in total. The van der Waals surface area contributed by atoms with Gasteiger partial charge < -0.3 is 10.2 Å². The van der Waals surface area contributed by atoms with Gasteiger partial charge in [0.25, 0.3) is 0 Å². The molecule has 0 amide bonds. The van der Waals surface area contributed by atoms with E-state index in [4.69, 9.17) is 0 Å². The molecule has 24 heavy (non-hydrogen) atoms. The average Bonchev–Trinajstić information content (AvgIpc) is 2.90. The highest BCUT2D eigenvalue weighted by molar-refractivity contribution is 5.52. The van der Waals surface area contributed by atoms with Gasteiger partial charge in [-0.1, -0.05) is 39.8 Å². The van der Waals surface area contributed by atoms with E-state index in [1.54, 1.807) is 12.1 Å². The molecule has 4 rings (SSSR count). The molecular formula is C22H26O2. The number of hydrogen-bond acceptors (Lipinski definition) is 2. The van der Waals surface area contributed by atoms with Crippen LogP contribution in [-0.4, -0.2) is 10.2 Å². The summed E-state index contributed by atoms with van der Waals surface area (Å²) in [6.45, 7) is 9.19. The van der Waals surface area contributed by atoms with Crippen molar-refractivity contribution in [2.45, 2.75) is 63.2 Å². The SMILES string of the molecule is CC1(C)CC(C2CC(C)(C)c3ccc(O)cc32)c2cc(O)ccc21. The fourth-order valence-corrected chi connectivity index (χ4v) is 5.20. The first-order chi connectivity index (χ1) is 11.2. The van der Waals surface area contributed by atoms with Crippen molar-refractivity contribution in [3.63, 3.8) is 0 Å². The molecule has 2 heteroatoms. The van der Waals surface area contributed by atoms with Gasteiger partial charge in [0.15, 0.2) is 0 Å². The van der Waals surface area contributed by atoms with Gasteiger partial charge in [-0.05, 0) is 82.0 Å². The highest BCUT2D eigenvalue weighted by Crippen LogP contribution is 2.59. The van der Waals surface area contributed by atoms with Crippen LogP contribution in [-0.2, 0) is 10.8 Å². The van der Waals surface area contributed by atoms with Crippen LogP contribution in [0.25, 0.3) is 0 Å². The molecule has 2 atom stereocenters. The van der Waals surface area contributed by atoms with Crippen molar-refractivity contribution >= 4 is 0 Å². The summed E-state index contributed by atoms with van der Waals surface area (Å²) in [7, 11) is 0. The van der Waals surface area contributed by atoms with E-state index in [1.807, 2.05) is 12.1 Å². The lowest BCUT2D eigenvalue weighted by molar-refractivity contribution is 0.389. The first kappa shape index (κ1) is 15.6. The van der Waals surface area contributed by atoms with Gasteiger partial charge in [-0.15, -0.1) is 0 Å². The minimum absolute atomic E-state index is 0.122. The van der Waals surface area contributed by atoms with Crippen molar-refractivity contribution in [2.24, 2.45) is 0 Å². The summed E-state index contributed by atoms with van der Waals surface area (Å²) in [5.74, 6) is 1.49. The Morgan fingerprint density at radius 3 is 1.46 bits per heavy atom. The number of hydrogen-bond donors (Lipinski definition) is 2. The normalized spacial score (nSPS) is 26.2. The molecule has 126 valence electrons. The number of benzene rings is 2. The minimum Gasteiger partial charge on any atom is -0.508 e. The van der Waals surface area contributed by atoms with Crippen molar-refractivity contribution in [3.8, 4) is 11.5 Å². The summed E-state index contributed by atoms with van der Waals surface area (Å²) < 4.78 is 0. The van der Waals surface area contributed by atoms with E-state index in [9.17, 15) is 10.2 Å². The molecule has 0 bridgehead atoms. The standard InChI is InChI=1S/C22H26O2/c1-21(2)11-17(15-9-13(23)5-7-19(15)21)18-12-22(3,4)20-8-6-14(24)10-16(18)20/h5-10,17-18,23-24H,11-12H2,1-4H3. The summed E-state index contributed by atoms with van der Waals surface area (Å²) in [6, 6.07) is 11.7. The Morgan fingerprint density at radius 2 is 1.08 bits per heavy atom. The Kier molecular flexibility index (Phi) is 3.10. The Morgan fingerprint density at radius 1 is 0.708 bits per heavy atom. The molecule has 0 spiro atoms. The third kappa shape index (κ3) is 2.16. The van der Waals surface area contributed by atoms with E-state index in [2.05, 4.69) is 39.8 Å². The first-order valence-corrected chi connectivity index (χ1v) is 8.86. The van der Waals surface area contributed by atoms with Crippen molar-refractivity contribution in [3.05, 3.63) is 58.7 Å². The van der Waals surface area contributed by atoms with E-state index >= 15 is 0 Å². The van der Waals surface area contributed by atoms with Gasteiger partial charge in [-0.2, -0.15) is 0 Å². The Hall–Kier alpha value is -1.96. The van der Waals surface area contributed by atoms with E-state index < -0.39 is 0 Å². The van der Waals surface area contributed by atoms with E-state index in [-0.39, 0.29) is 10.8 Å². The van der Waals surface area contributed by atoms with Gasteiger partial charge in [-0.3, -0.25) is 0 Å². The Balaban J connectivity index is 1.85. The Labute approximate surface area is 144 Å². The van der Waals surface area contributed by atoms with E-state index in [0.29, 0.717) is 23.3 Å². The number of phenols is 2. The molecule has 2 aromatic rings. The number of phenolic OH excluding ortho intramolecular Hbond substituents is 2. The summed E-state index contributed by atoms with van der Waals surface area (Å²) >= 11 is 0. The second-order valence-corrected chi connectivity index (χ2v) is 8.93. The molecule has 0 saturated heterocycles. The zero-order chi connectivity index (χ0) is 17.3. The van der Waals surface area contributed by atoms with E-state index in [0.717, 1.165) is 12.8 Å². The summed E-state index contributed by atoms with van der Waals surface area (Å²) in [5.41, 5.74) is 5.54. The minimum atomic E-state index is 0.122. The van der Waals surface area contributed by atoms with Crippen molar-refractivity contribution in [1.82, 2.24) is 0 Å². The van der Waals surface area contributed by atoms with Gasteiger partial charge in [-0.25, -0.2) is 0 Å². The van der Waals surface area contributed by atoms with Gasteiger partial charge in [0.05, 0.1) is 0 Å². The van der Waals surface area contributed by atoms with Crippen molar-refractivity contribution in [1.29, 1.82) is 0 Å². The fraction of sp³-hybridized carbons (Fsp3) is 0.455. The Bertz CT molecular complexity index is 747. The van der Waals surface area contributed by atoms with Crippen LogP contribution in [0.3, 0.4) is 0 Å². The van der Waals surface area contributed by atoms with Gasteiger partial charge in [0.1, 0.15) is 11.5 Å². The molecule has 2 nitrogen and oxygen atoms in total. The highest BCUT2D eigenvalue weighted by Gasteiger charge is 2.46. The quantitative estimate of drug-likeness (QED) is 0.745. The molecule has 2 aliphatic rings. The molecule has 0 fully saturated rings. The zero-order valence-corrected chi connectivity index (χ0v) is 14.9. The highest BCUT2D eigenvalue weighted by atomic mass is 16.3. The summed E-state index contributed by atoms with van der Waals surface area (Å²) in [4.78, 5) is 0. The molecule has 2 aliphatic carbocycles. The zero-order valence-electron chi connectivity index (χ0n) is 14.9. The molecular weight excluding hydrogens is 296 g/mol. The van der Waals surface area contributed by atoms with Crippen LogP contribution in [0, 0.1) is 0 Å². The lowest BCUT2D eigenvalue weighted by Crippen LogP contribution is -2.16. The van der Waals surface area contributed by atoms with Gasteiger partial charge in [0, 0.05) is 0 Å². The monoisotopic (exact) mass is 322 g/mol. The first-order valence-electron chi connectivity index (χ1n) is 8.86. The van der Waals surface area contributed by atoms with Crippen molar-refractivity contribution in [2.75, 3.05) is 0 Å². The molecule has 0 saturated carbocycles. The molecule has 0 aromatic heterocycles. The van der Waals surface area contributed by atoms with Crippen LogP contribution in [0.1, 0.15) is 74.6 Å². The maximum Gasteiger partial charge on any atom is 0.115 e.